The van der Waals surface area contributed by atoms with Gasteiger partial charge < -0.3 is 9.64 Å². The highest BCUT2D eigenvalue weighted by atomic mass is 19.1. The second kappa shape index (κ2) is 7.55. The molecule has 6 heteroatoms. The summed E-state index contributed by atoms with van der Waals surface area (Å²) in [7, 11) is 4.81. The van der Waals surface area contributed by atoms with E-state index in [1.165, 1.54) is 19.2 Å². The van der Waals surface area contributed by atoms with Crippen molar-refractivity contribution in [3.05, 3.63) is 35.6 Å². The van der Waals surface area contributed by atoms with Crippen molar-refractivity contribution in [3.8, 4) is 0 Å². The Bertz CT molecular complexity index is 559. The van der Waals surface area contributed by atoms with Gasteiger partial charge in [0.05, 0.1) is 13.0 Å². The molecule has 1 aliphatic rings. The summed E-state index contributed by atoms with van der Waals surface area (Å²) in [5, 5.41) is 0. The minimum atomic E-state index is -0.613. The van der Waals surface area contributed by atoms with Crippen LogP contribution < -0.4 is 0 Å². The summed E-state index contributed by atoms with van der Waals surface area (Å²) in [6.45, 7) is 1.20. The fraction of sp³-hybridized carbons (Fsp3) is 0.529. The van der Waals surface area contributed by atoms with Crippen LogP contribution in [0.25, 0.3) is 0 Å². The smallest absolute Gasteiger partial charge is 0.327 e. The van der Waals surface area contributed by atoms with Crippen LogP contribution in [-0.2, 0) is 14.3 Å². The van der Waals surface area contributed by atoms with Gasteiger partial charge in [0.2, 0.25) is 5.91 Å². The standard InChI is InChI=1S/C17H23FN2O3/c1-19(2)16(21)13-5-4-10-20(11-13)15(17(22)23-3)12-6-8-14(18)9-7-12/h6-9,13,15H,4-5,10-11H2,1-3H3/t13-,15+/m1/s1. The molecule has 5 nitrogen and oxygen atoms in total. The zero-order chi connectivity index (χ0) is 17.0. The molecule has 0 unspecified atom stereocenters. The third-order valence-corrected chi connectivity index (χ3v) is 4.22. The van der Waals surface area contributed by atoms with E-state index in [1.54, 1.807) is 31.1 Å². The van der Waals surface area contributed by atoms with Crippen molar-refractivity contribution in [1.82, 2.24) is 9.80 Å². The minimum Gasteiger partial charge on any atom is -0.468 e. The van der Waals surface area contributed by atoms with Gasteiger partial charge in [0.15, 0.2) is 0 Å². The van der Waals surface area contributed by atoms with E-state index in [4.69, 9.17) is 4.74 Å². The van der Waals surface area contributed by atoms with Gasteiger partial charge in [-0.05, 0) is 37.1 Å². The van der Waals surface area contributed by atoms with Crippen LogP contribution in [0.15, 0.2) is 24.3 Å². The Hall–Kier alpha value is -1.95. The van der Waals surface area contributed by atoms with Crippen LogP contribution in [0, 0.1) is 11.7 Å². The number of ether oxygens (including phenoxy) is 1. The van der Waals surface area contributed by atoms with Gasteiger partial charge in [-0.25, -0.2) is 9.18 Å². The van der Waals surface area contributed by atoms with E-state index >= 15 is 0 Å². The van der Waals surface area contributed by atoms with E-state index < -0.39 is 12.0 Å². The monoisotopic (exact) mass is 322 g/mol. The second-order valence-electron chi connectivity index (χ2n) is 6.04. The molecule has 126 valence electrons. The van der Waals surface area contributed by atoms with Crippen molar-refractivity contribution >= 4 is 11.9 Å². The van der Waals surface area contributed by atoms with Crippen LogP contribution >= 0.6 is 0 Å². The molecule has 0 saturated carbocycles. The van der Waals surface area contributed by atoms with Crippen LogP contribution in [0.1, 0.15) is 24.4 Å². The average Bonchev–Trinajstić information content (AvgIpc) is 2.56. The Morgan fingerprint density at radius 2 is 1.96 bits per heavy atom. The summed E-state index contributed by atoms with van der Waals surface area (Å²) in [5.41, 5.74) is 0.677. The number of rotatable bonds is 4. The molecule has 1 saturated heterocycles. The fourth-order valence-corrected chi connectivity index (χ4v) is 3.06. The van der Waals surface area contributed by atoms with Crippen LogP contribution in [-0.4, -0.2) is 56.0 Å². The lowest BCUT2D eigenvalue weighted by Crippen LogP contribution is -2.46. The number of esters is 1. The minimum absolute atomic E-state index is 0.0671. The Morgan fingerprint density at radius 1 is 1.30 bits per heavy atom. The average molecular weight is 322 g/mol. The van der Waals surface area contributed by atoms with Crippen molar-refractivity contribution in [1.29, 1.82) is 0 Å². The van der Waals surface area contributed by atoms with E-state index in [1.807, 2.05) is 4.90 Å². The van der Waals surface area contributed by atoms with Crippen LogP contribution in [0.2, 0.25) is 0 Å². The molecule has 0 N–H and O–H groups in total. The molecule has 0 radical (unpaired) electrons. The number of amides is 1. The highest BCUT2D eigenvalue weighted by Gasteiger charge is 2.35. The SMILES string of the molecule is COC(=O)[C@H](c1ccc(F)cc1)N1CCC[C@@H](C(=O)N(C)C)C1. The number of benzene rings is 1. The normalized spacial score (nSPS) is 19.9. The molecule has 2 atom stereocenters. The first-order valence-electron chi connectivity index (χ1n) is 7.72. The van der Waals surface area contributed by atoms with E-state index in [2.05, 4.69) is 0 Å². The van der Waals surface area contributed by atoms with E-state index in [9.17, 15) is 14.0 Å². The zero-order valence-electron chi connectivity index (χ0n) is 13.8. The van der Waals surface area contributed by atoms with Crippen molar-refractivity contribution in [2.24, 2.45) is 5.92 Å². The molecule has 1 amide bonds. The quantitative estimate of drug-likeness (QED) is 0.794. The number of halogens is 1. The maximum Gasteiger partial charge on any atom is 0.327 e. The number of nitrogens with zero attached hydrogens (tertiary/aromatic N) is 2. The molecule has 23 heavy (non-hydrogen) atoms. The van der Waals surface area contributed by atoms with Gasteiger partial charge >= 0.3 is 5.97 Å². The molecule has 1 heterocycles. The lowest BCUT2D eigenvalue weighted by molar-refractivity contribution is -0.149. The molecular formula is C17H23FN2O3. The van der Waals surface area contributed by atoms with Gasteiger partial charge in [0.1, 0.15) is 11.9 Å². The Kier molecular flexibility index (Phi) is 5.71. The zero-order valence-corrected chi connectivity index (χ0v) is 13.8. The van der Waals surface area contributed by atoms with Crippen LogP contribution in [0.3, 0.4) is 0 Å². The van der Waals surface area contributed by atoms with Crippen LogP contribution in [0.5, 0.6) is 0 Å². The topological polar surface area (TPSA) is 49.9 Å². The van der Waals surface area contributed by atoms with Gasteiger partial charge in [0, 0.05) is 20.6 Å². The van der Waals surface area contributed by atoms with Gasteiger partial charge in [0.25, 0.3) is 0 Å². The second-order valence-corrected chi connectivity index (χ2v) is 6.04. The molecule has 0 spiro atoms. The number of methoxy groups -OCH3 is 1. The van der Waals surface area contributed by atoms with E-state index in [-0.39, 0.29) is 17.6 Å². The summed E-state index contributed by atoms with van der Waals surface area (Å²) in [4.78, 5) is 28.0. The fourth-order valence-electron chi connectivity index (χ4n) is 3.06. The first-order valence-corrected chi connectivity index (χ1v) is 7.72. The molecule has 2 rings (SSSR count). The van der Waals surface area contributed by atoms with E-state index in [0.29, 0.717) is 18.7 Å². The summed E-state index contributed by atoms with van der Waals surface area (Å²) >= 11 is 0. The highest BCUT2D eigenvalue weighted by molar-refractivity contribution is 5.80. The maximum absolute atomic E-state index is 13.2. The Morgan fingerprint density at radius 3 is 2.52 bits per heavy atom. The summed E-state index contributed by atoms with van der Waals surface area (Å²) in [6.07, 6.45) is 1.64. The molecule has 0 bridgehead atoms. The Balaban J connectivity index is 2.23. The van der Waals surface area contributed by atoms with Gasteiger partial charge in [-0.3, -0.25) is 9.69 Å². The van der Waals surface area contributed by atoms with Gasteiger partial charge in [-0.2, -0.15) is 0 Å². The summed E-state index contributed by atoms with van der Waals surface area (Å²) < 4.78 is 18.1. The first kappa shape index (κ1) is 17.4. The predicted molar refractivity (Wildman–Crippen MR) is 84.1 cm³/mol. The number of carbonyl (C=O) groups excluding carboxylic acids is 2. The van der Waals surface area contributed by atoms with Gasteiger partial charge in [-0.1, -0.05) is 12.1 Å². The van der Waals surface area contributed by atoms with Crippen LogP contribution in [0.4, 0.5) is 4.39 Å². The summed E-state index contributed by atoms with van der Waals surface area (Å²) in [6, 6.07) is 5.23. The molecule has 0 aromatic heterocycles. The van der Waals surface area contributed by atoms with Crippen molar-refractivity contribution in [2.45, 2.75) is 18.9 Å². The lowest BCUT2D eigenvalue weighted by atomic mass is 9.93. The van der Waals surface area contributed by atoms with Crippen molar-refractivity contribution in [2.75, 3.05) is 34.3 Å². The first-order chi connectivity index (χ1) is 10.9. The summed E-state index contributed by atoms with van der Waals surface area (Å²) in [5.74, 6) is -0.810. The molecule has 1 fully saturated rings. The number of piperidine rings is 1. The highest BCUT2D eigenvalue weighted by Crippen LogP contribution is 2.28. The molecule has 1 aromatic carbocycles. The lowest BCUT2D eigenvalue weighted by Gasteiger charge is -2.37. The number of carbonyl (C=O) groups is 2. The number of hydrogen-bond acceptors (Lipinski definition) is 4. The maximum atomic E-state index is 13.2. The number of hydrogen-bond donors (Lipinski definition) is 0. The van der Waals surface area contributed by atoms with E-state index in [0.717, 1.165) is 12.8 Å². The van der Waals surface area contributed by atoms with Gasteiger partial charge in [-0.15, -0.1) is 0 Å². The Labute approximate surface area is 136 Å². The third kappa shape index (κ3) is 4.07. The third-order valence-electron chi connectivity index (χ3n) is 4.22. The van der Waals surface area contributed by atoms with Crippen molar-refractivity contribution in [3.63, 3.8) is 0 Å². The molecular weight excluding hydrogens is 299 g/mol. The predicted octanol–water partition coefficient (Wildman–Crippen LogP) is 1.84. The van der Waals surface area contributed by atoms with Crippen molar-refractivity contribution < 1.29 is 18.7 Å². The molecule has 0 aliphatic carbocycles. The molecule has 1 aliphatic heterocycles. The number of likely N-dealkylation sites (tertiary alicyclic amines) is 1. The molecule has 1 aromatic rings. The largest absolute Gasteiger partial charge is 0.468 e.